The van der Waals surface area contributed by atoms with E-state index < -0.39 is 6.10 Å². The average Bonchev–Trinajstić information content (AvgIpc) is 2.68. The Labute approximate surface area is 174 Å². The zero-order chi connectivity index (χ0) is 19.5. The van der Waals surface area contributed by atoms with Gasteiger partial charge in [-0.15, -0.1) is 0 Å². The molecule has 0 heterocycles. The van der Waals surface area contributed by atoms with Crippen molar-refractivity contribution in [2.45, 2.75) is 71.3 Å². The third-order valence-electron chi connectivity index (χ3n) is 5.35. The third-order valence-corrected chi connectivity index (χ3v) is 6.04. The van der Waals surface area contributed by atoms with E-state index in [9.17, 15) is 5.11 Å². The minimum atomic E-state index is -0.444. The molecule has 150 valence electrons. The quantitative estimate of drug-likeness (QED) is 0.340. The number of nitrogens with zero attached hydrogens (tertiary/aromatic N) is 1. The highest BCUT2D eigenvalue weighted by Gasteiger charge is 2.16. The van der Waals surface area contributed by atoms with Crippen molar-refractivity contribution in [1.82, 2.24) is 4.90 Å². The summed E-state index contributed by atoms with van der Waals surface area (Å²) in [6.45, 7) is 7.43. The fourth-order valence-electron chi connectivity index (χ4n) is 3.74. The summed E-state index contributed by atoms with van der Waals surface area (Å²) in [6, 6.07) is 12.5. The maximum absolute atomic E-state index is 11.0. The molecule has 0 bridgehead atoms. The second-order valence-corrected chi connectivity index (χ2v) is 8.47. The Morgan fingerprint density at radius 3 is 2.00 bits per heavy atom. The average molecular weight is 434 g/mol. The van der Waals surface area contributed by atoms with Gasteiger partial charge in [-0.3, -0.25) is 0 Å². The van der Waals surface area contributed by atoms with Gasteiger partial charge >= 0.3 is 0 Å². The van der Waals surface area contributed by atoms with Crippen molar-refractivity contribution in [3.63, 3.8) is 0 Å². The van der Waals surface area contributed by atoms with Crippen LogP contribution in [-0.4, -0.2) is 29.6 Å². The Morgan fingerprint density at radius 1 is 0.815 bits per heavy atom. The number of aliphatic hydroxyl groups excluding tert-OH is 1. The van der Waals surface area contributed by atoms with Crippen LogP contribution in [0.25, 0.3) is 10.8 Å². The molecule has 0 aliphatic carbocycles. The topological polar surface area (TPSA) is 23.5 Å². The van der Waals surface area contributed by atoms with Crippen LogP contribution in [0.3, 0.4) is 0 Å². The molecule has 1 N–H and O–H groups in total. The van der Waals surface area contributed by atoms with Crippen LogP contribution in [0.2, 0.25) is 0 Å². The minimum Gasteiger partial charge on any atom is -0.387 e. The number of halogens is 1. The molecule has 2 aromatic carbocycles. The van der Waals surface area contributed by atoms with Gasteiger partial charge in [0.05, 0.1) is 6.10 Å². The number of hydrogen-bond acceptors (Lipinski definition) is 2. The largest absolute Gasteiger partial charge is 0.387 e. The normalized spacial score (nSPS) is 12.8. The summed E-state index contributed by atoms with van der Waals surface area (Å²) in [4.78, 5) is 2.48. The van der Waals surface area contributed by atoms with Crippen LogP contribution >= 0.6 is 15.9 Å². The number of benzene rings is 2. The first kappa shape index (κ1) is 22.4. The molecule has 1 unspecified atom stereocenters. The van der Waals surface area contributed by atoms with Crippen molar-refractivity contribution in [1.29, 1.82) is 0 Å². The summed E-state index contributed by atoms with van der Waals surface area (Å²) in [5.41, 5.74) is 1.04. The predicted molar refractivity (Wildman–Crippen MR) is 121 cm³/mol. The molecule has 2 nitrogen and oxygen atoms in total. The number of unbranched alkanes of at least 4 members (excludes halogenated alkanes) is 6. The van der Waals surface area contributed by atoms with Crippen molar-refractivity contribution >= 4 is 26.7 Å². The van der Waals surface area contributed by atoms with E-state index >= 15 is 0 Å². The van der Waals surface area contributed by atoms with Crippen LogP contribution < -0.4 is 0 Å². The van der Waals surface area contributed by atoms with E-state index in [1.54, 1.807) is 0 Å². The molecule has 3 heteroatoms. The Morgan fingerprint density at radius 2 is 1.41 bits per heavy atom. The molecule has 1 atom stereocenters. The summed E-state index contributed by atoms with van der Waals surface area (Å²) >= 11 is 3.64. The fourth-order valence-corrected chi connectivity index (χ4v) is 4.22. The van der Waals surface area contributed by atoms with Crippen molar-refractivity contribution in [3.8, 4) is 0 Å². The molecule has 0 saturated carbocycles. The molecule has 0 saturated heterocycles. The molecule has 0 aliphatic rings. The van der Waals surface area contributed by atoms with Crippen molar-refractivity contribution in [2.75, 3.05) is 19.6 Å². The SMILES string of the molecule is CCCCCCN(CCCCCC)CC(O)c1ccc(Br)c2ccccc12. The van der Waals surface area contributed by atoms with E-state index in [2.05, 4.69) is 71.1 Å². The Balaban J connectivity index is 2.04. The van der Waals surface area contributed by atoms with Gasteiger partial charge in [0.2, 0.25) is 0 Å². The van der Waals surface area contributed by atoms with Gasteiger partial charge in [0.15, 0.2) is 0 Å². The van der Waals surface area contributed by atoms with Gasteiger partial charge in [-0.25, -0.2) is 0 Å². The van der Waals surface area contributed by atoms with Crippen LogP contribution in [0, 0.1) is 0 Å². The van der Waals surface area contributed by atoms with Crippen LogP contribution in [-0.2, 0) is 0 Å². The Hall–Kier alpha value is -0.900. The number of aliphatic hydroxyl groups is 1. The highest BCUT2D eigenvalue weighted by Crippen LogP contribution is 2.30. The zero-order valence-electron chi connectivity index (χ0n) is 17.1. The van der Waals surface area contributed by atoms with Crippen LogP contribution in [0.1, 0.15) is 76.9 Å². The molecule has 0 aromatic heterocycles. The van der Waals surface area contributed by atoms with Crippen LogP contribution in [0.15, 0.2) is 40.9 Å². The smallest absolute Gasteiger partial charge is 0.0922 e. The summed E-state index contributed by atoms with van der Waals surface area (Å²) in [5, 5.41) is 13.4. The first-order valence-corrected chi connectivity index (χ1v) is 11.5. The predicted octanol–water partition coefficient (Wildman–Crippen LogP) is 7.10. The fraction of sp³-hybridized carbons (Fsp3) is 0.583. The molecule has 27 heavy (non-hydrogen) atoms. The van der Waals surface area contributed by atoms with E-state index in [1.165, 1.54) is 56.8 Å². The van der Waals surface area contributed by atoms with Crippen molar-refractivity contribution in [2.24, 2.45) is 0 Å². The van der Waals surface area contributed by atoms with Crippen molar-refractivity contribution in [3.05, 3.63) is 46.4 Å². The minimum absolute atomic E-state index is 0.444. The highest BCUT2D eigenvalue weighted by molar-refractivity contribution is 9.10. The van der Waals surface area contributed by atoms with Crippen molar-refractivity contribution < 1.29 is 5.11 Å². The van der Waals surface area contributed by atoms with E-state index in [1.807, 2.05) is 0 Å². The number of rotatable bonds is 13. The molecule has 2 aromatic rings. The monoisotopic (exact) mass is 433 g/mol. The standard InChI is InChI=1S/C24H36BrNO/c1-3-5-7-11-17-26(18-12-8-6-4-2)19-24(27)22-15-16-23(25)21-14-10-9-13-20(21)22/h9-10,13-16,24,27H,3-8,11-12,17-19H2,1-2H3. The first-order valence-electron chi connectivity index (χ1n) is 10.7. The van der Waals surface area contributed by atoms with Crippen LogP contribution in [0.4, 0.5) is 0 Å². The van der Waals surface area contributed by atoms with E-state index in [4.69, 9.17) is 0 Å². The maximum Gasteiger partial charge on any atom is 0.0922 e. The molecule has 0 aliphatic heterocycles. The third kappa shape index (κ3) is 7.21. The lowest BCUT2D eigenvalue weighted by Crippen LogP contribution is -2.31. The second-order valence-electron chi connectivity index (χ2n) is 7.62. The highest BCUT2D eigenvalue weighted by atomic mass is 79.9. The maximum atomic E-state index is 11.0. The van der Waals surface area contributed by atoms with Gasteiger partial charge in [-0.2, -0.15) is 0 Å². The lowest BCUT2D eigenvalue weighted by Gasteiger charge is -2.26. The molecule has 0 fully saturated rings. The first-order chi connectivity index (χ1) is 13.2. The van der Waals surface area contributed by atoms with Gasteiger partial charge in [-0.1, -0.05) is 98.6 Å². The number of fused-ring (bicyclic) bond motifs is 1. The summed E-state index contributed by atoms with van der Waals surface area (Å²) < 4.78 is 1.09. The summed E-state index contributed by atoms with van der Waals surface area (Å²) in [6.07, 6.45) is 9.75. The molecule has 0 spiro atoms. The van der Waals surface area contributed by atoms with Gasteiger partial charge in [0.25, 0.3) is 0 Å². The van der Waals surface area contributed by atoms with E-state index in [-0.39, 0.29) is 0 Å². The van der Waals surface area contributed by atoms with Crippen LogP contribution in [0.5, 0.6) is 0 Å². The van der Waals surface area contributed by atoms with Gasteiger partial charge < -0.3 is 10.0 Å². The molecule has 0 radical (unpaired) electrons. The van der Waals surface area contributed by atoms with Gasteiger partial charge in [0.1, 0.15) is 0 Å². The zero-order valence-corrected chi connectivity index (χ0v) is 18.7. The lowest BCUT2D eigenvalue weighted by molar-refractivity contribution is 0.111. The van der Waals surface area contributed by atoms with E-state index in [0.29, 0.717) is 0 Å². The Bertz CT molecular complexity index is 660. The molecular weight excluding hydrogens is 398 g/mol. The summed E-state index contributed by atoms with van der Waals surface area (Å²) in [7, 11) is 0. The summed E-state index contributed by atoms with van der Waals surface area (Å²) in [5.74, 6) is 0. The van der Waals surface area contributed by atoms with Gasteiger partial charge in [0, 0.05) is 11.0 Å². The second kappa shape index (κ2) is 12.5. The molecule has 0 amide bonds. The van der Waals surface area contributed by atoms with Gasteiger partial charge in [-0.05, 0) is 48.3 Å². The lowest BCUT2D eigenvalue weighted by atomic mass is 10.00. The molecular formula is C24H36BrNO. The molecule has 2 rings (SSSR count). The number of hydrogen-bond donors (Lipinski definition) is 1. The van der Waals surface area contributed by atoms with E-state index in [0.717, 1.165) is 35.1 Å². The Kier molecular flexibility index (Phi) is 10.4.